The first-order chi connectivity index (χ1) is 7.41. The predicted octanol–water partition coefficient (Wildman–Crippen LogP) is -0.674. The van der Waals surface area contributed by atoms with Crippen molar-refractivity contribution in [3.05, 3.63) is 0 Å². The summed E-state index contributed by atoms with van der Waals surface area (Å²) >= 11 is 0. The van der Waals surface area contributed by atoms with Gasteiger partial charge in [-0.2, -0.15) is 0 Å². The molecule has 0 aliphatic rings. The minimum atomic E-state index is -1.04. The molecule has 0 bridgehead atoms. The van der Waals surface area contributed by atoms with E-state index in [1.54, 1.807) is 0 Å². The fourth-order valence-electron chi connectivity index (χ4n) is 1.14. The molecule has 1 atom stereocenters. The number of aliphatic hydroxyl groups excluding tert-OH is 1. The topological polar surface area (TPSA) is 98.7 Å². The highest BCUT2D eigenvalue weighted by atomic mass is 16.4. The molecular weight excluding hydrogens is 212 g/mol. The largest absolute Gasteiger partial charge is 0.481 e. The first-order valence-electron chi connectivity index (χ1n) is 5.31. The van der Waals surface area contributed by atoms with E-state index in [4.69, 9.17) is 5.11 Å². The van der Waals surface area contributed by atoms with Crippen LogP contribution in [0.2, 0.25) is 0 Å². The lowest BCUT2D eigenvalue weighted by molar-refractivity contribution is -0.139. The number of carbonyl (C=O) groups is 2. The van der Waals surface area contributed by atoms with Crippen LogP contribution in [0.1, 0.15) is 26.7 Å². The van der Waals surface area contributed by atoms with Crippen molar-refractivity contribution in [1.29, 1.82) is 0 Å². The standard InChI is InChI=1S/C10H20N2O4/c1-7(2)12-9(14)3-4-11-6-8(13)5-10(15)16/h7-8,11,13H,3-6H2,1-2H3,(H,12,14)(H,15,16). The summed E-state index contributed by atoms with van der Waals surface area (Å²) in [5, 5.41) is 23.1. The lowest BCUT2D eigenvalue weighted by atomic mass is 10.2. The Morgan fingerprint density at radius 1 is 1.31 bits per heavy atom. The van der Waals surface area contributed by atoms with Crippen molar-refractivity contribution in [2.24, 2.45) is 0 Å². The fraction of sp³-hybridized carbons (Fsp3) is 0.800. The summed E-state index contributed by atoms with van der Waals surface area (Å²) in [5.41, 5.74) is 0. The van der Waals surface area contributed by atoms with Gasteiger partial charge in [-0.25, -0.2) is 0 Å². The number of hydrogen-bond acceptors (Lipinski definition) is 4. The van der Waals surface area contributed by atoms with Gasteiger partial charge < -0.3 is 20.8 Å². The number of carboxylic acids is 1. The zero-order valence-corrected chi connectivity index (χ0v) is 9.69. The van der Waals surface area contributed by atoms with Gasteiger partial charge in [-0.1, -0.05) is 0 Å². The van der Waals surface area contributed by atoms with Gasteiger partial charge in [0.05, 0.1) is 12.5 Å². The molecular formula is C10H20N2O4. The summed E-state index contributed by atoms with van der Waals surface area (Å²) in [6, 6.07) is 0.116. The third kappa shape index (κ3) is 9.42. The predicted molar refractivity (Wildman–Crippen MR) is 59.0 cm³/mol. The van der Waals surface area contributed by atoms with Crippen LogP contribution in [0.4, 0.5) is 0 Å². The van der Waals surface area contributed by atoms with Crippen LogP contribution in [0.3, 0.4) is 0 Å². The molecule has 0 aromatic rings. The van der Waals surface area contributed by atoms with Crippen molar-refractivity contribution in [3.63, 3.8) is 0 Å². The molecule has 0 saturated heterocycles. The molecule has 1 amide bonds. The van der Waals surface area contributed by atoms with Crippen molar-refractivity contribution < 1.29 is 19.8 Å². The van der Waals surface area contributed by atoms with E-state index in [0.29, 0.717) is 13.0 Å². The van der Waals surface area contributed by atoms with E-state index in [9.17, 15) is 14.7 Å². The molecule has 6 heteroatoms. The van der Waals surface area contributed by atoms with Crippen molar-refractivity contribution in [2.75, 3.05) is 13.1 Å². The summed E-state index contributed by atoms with van der Waals surface area (Å²) in [7, 11) is 0. The van der Waals surface area contributed by atoms with E-state index >= 15 is 0 Å². The van der Waals surface area contributed by atoms with Gasteiger partial charge >= 0.3 is 5.97 Å². The summed E-state index contributed by atoms with van der Waals surface area (Å²) < 4.78 is 0. The number of carboxylic acid groups (broad SMARTS) is 1. The molecule has 6 nitrogen and oxygen atoms in total. The number of hydrogen-bond donors (Lipinski definition) is 4. The van der Waals surface area contributed by atoms with Crippen LogP contribution in [0.5, 0.6) is 0 Å². The maximum atomic E-state index is 11.2. The van der Waals surface area contributed by atoms with E-state index in [0.717, 1.165) is 0 Å². The smallest absolute Gasteiger partial charge is 0.306 e. The Morgan fingerprint density at radius 3 is 2.44 bits per heavy atom. The normalized spacial score (nSPS) is 12.5. The highest BCUT2D eigenvalue weighted by molar-refractivity contribution is 5.76. The summed E-state index contributed by atoms with van der Waals surface area (Å²) in [5.74, 6) is -1.10. The third-order valence-corrected chi connectivity index (χ3v) is 1.77. The van der Waals surface area contributed by atoms with Crippen LogP contribution < -0.4 is 10.6 Å². The Labute approximate surface area is 95.0 Å². The average molecular weight is 232 g/mol. The maximum Gasteiger partial charge on any atom is 0.306 e. The van der Waals surface area contributed by atoms with E-state index in [2.05, 4.69) is 10.6 Å². The monoisotopic (exact) mass is 232 g/mol. The molecule has 16 heavy (non-hydrogen) atoms. The van der Waals surface area contributed by atoms with E-state index < -0.39 is 12.1 Å². The molecule has 0 saturated carbocycles. The van der Waals surface area contributed by atoms with Gasteiger partial charge in [0.15, 0.2) is 0 Å². The van der Waals surface area contributed by atoms with Crippen LogP contribution >= 0.6 is 0 Å². The molecule has 0 rings (SSSR count). The van der Waals surface area contributed by atoms with Crippen molar-refractivity contribution >= 4 is 11.9 Å². The van der Waals surface area contributed by atoms with Gasteiger partial charge in [0.2, 0.25) is 5.91 Å². The third-order valence-electron chi connectivity index (χ3n) is 1.77. The Kier molecular flexibility index (Phi) is 7.49. The molecule has 0 spiro atoms. The minimum Gasteiger partial charge on any atom is -0.481 e. The molecule has 0 aromatic carbocycles. The minimum absolute atomic E-state index is 0.0600. The van der Waals surface area contributed by atoms with Crippen LogP contribution in [0.15, 0.2) is 0 Å². The van der Waals surface area contributed by atoms with Gasteiger partial charge in [-0.15, -0.1) is 0 Å². The quantitative estimate of drug-likeness (QED) is 0.416. The second-order valence-electron chi connectivity index (χ2n) is 3.93. The number of carbonyl (C=O) groups excluding carboxylic acids is 1. The molecule has 0 heterocycles. The van der Waals surface area contributed by atoms with Gasteiger partial charge in [0, 0.05) is 25.6 Å². The van der Waals surface area contributed by atoms with Crippen LogP contribution in [0.25, 0.3) is 0 Å². The second-order valence-corrected chi connectivity index (χ2v) is 3.93. The first kappa shape index (κ1) is 14.9. The SMILES string of the molecule is CC(C)NC(=O)CCNCC(O)CC(=O)O. The molecule has 0 aromatic heterocycles. The zero-order chi connectivity index (χ0) is 12.6. The first-order valence-corrected chi connectivity index (χ1v) is 5.31. The van der Waals surface area contributed by atoms with Crippen molar-refractivity contribution in [3.8, 4) is 0 Å². The number of nitrogens with one attached hydrogen (secondary N) is 2. The van der Waals surface area contributed by atoms with Crippen LogP contribution in [-0.2, 0) is 9.59 Å². The summed E-state index contributed by atoms with van der Waals surface area (Å²) in [6.07, 6.45) is -0.881. The van der Waals surface area contributed by atoms with Gasteiger partial charge in [-0.05, 0) is 13.8 Å². The van der Waals surface area contributed by atoms with Gasteiger partial charge in [0.1, 0.15) is 0 Å². The van der Waals surface area contributed by atoms with E-state index in [1.165, 1.54) is 0 Å². The number of amides is 1. The molecule has 0 radical (unpaired) electrons. The highest BCUT2D eigenvalue weighted by Gasteiger charge is 2.09. The van der Waals surface area contributed by atoms with Crippen molar-refractivity contribution in [2.45, 2.75) is 38.8 Å². The van der Waals surface area contributed by atoms with E-state index in [-0.39, 0.29) is 24.9 Å². The molecule has 0 aliphatic heterocycles. The Hall–Kier alpha value is -1.14. The molecule has 4 N–H and O–H groups in total. The Bertz CT molecular complexity index is 231. The van der Waals surface area contributed by atoms with Gasteiger partial charge in [-0.3, -0.25) is 9.59 Å². The second kappa shape index (κ2) is 8.06. The van der Waals surface area contributed by atoms with Crippen LogP contribution in [0, 0.1) is 0 Å². The number of rotatable bonds is 8. The Morgan fingerprint density at radius 2 is 1.94 bits per heavy atom. The summed E-state index contributed by atoms with van der Waals surface area (Å²) in [4.78, 5) is 21.4. The van der Waals surface area contributed by atoms with Crippen molar-refractivity contribution in [1.82, 2.24) is 10.6 Å². The average Bonchev–Trinajstić information content (AvgIpc) is 2.10. The van der Waals surface area contributed by atoms with E-state index in [1.807, 2.05) is 13.8 Å². The maximum absolute atomic E-state index is 11.2. The zero-order valence-electron chi connectivity index (χ0n) is 9.69. The molecule has 1 unspecified atom stereocenters. The number of aliphatic hydroxyl groups is 1. The fourth-order valence-corrected chi connectivity index (χ4v) is 1.14. The molecule has 0 aliphatic carbocycles. The Balaban J connectivity index is 3.45. The lowest BCUT2D eigenvalue weighted by Gasteiger charge is -2.10. The lowest BCUT2D eigenvalue weighted by Crippen LogP contribution is -2.34. The van der Waals surface area contributed by atoms with Crippen LogP contribution in [-0.4, -0.2) is 47.3 Å². The number of aliphatic carboxylic acids is 1. The molecule has 0 fully saturated rings. The summed E-state index contributed by atoms with van der Waals surface area (Å²) in [6.45, 7) is 4.36. The highest BCUT2D eigenvalue weighted by Crippen LogP contribution is 1.89. The molecule has 94 valence electrons. The van der Waals surface area contributed by atoms with Gasteiger partial charge in [0.25, 0.3) is 0 Å².